The second kappa shape index (κ2) is 24.6. The summed E-state index contributed by atoms with van der Waals surface area (Å²) in [6, 6.07) is 24.3. The van der Waals surface area contributed by atoms with Crippen LogP contribution in [0.1, 0.15) is 50.6 Å². The number of amides is 1. The number of halogens is 3. The van der Waals surface area contributed by atoms with E-state index < -0.39 is 11.7 Å². The molecule has 0 radical (unpaired) electrons. The lowest BCUT2D eigenvalue weighted by Crippen LogP contribution is -2.27. The average molecular weight is 1100 g/mol. The van der Waals surface area contributed by atoms with Crippen LogP contribution in [0.2, 0.25) is 0 Å². The number of benzene rings is 3. The molecule has 1 amide bonds. The summed E-state index contributed by atoms with van der Waals surface area (Å²) in [5.74, 6) is 0.534. The van der Waals surface area contributed by atoms with Crippen LogP contribution in [0.4, 0.5) is 41.0 Å². The Morgan fingerprint density at radius 1 is 0.605 bits per heavy atom. The number of carbonyl (C=O) groups is 1. The molecule has 0 unspecified atom stereocenters. The molecule has 0 spiro atoms. The number of nitrogens with one attached hydrogen (secondary N) is 2. The van der Waals surface area contributed by atoms with Gasteiger partial charge in [-0.25, -0.2) is 52.9 Å². The van der Waals surface area contributed by atoms with Crippen molar-refractivity contribution in [3.63, 3.8) is 0 Å². The Balaban J connectivity index is 0.000000162. The van der Waals surface area contributed by atoms with Gasteiger partial charge < -0.3 is 40.9 Å². The fraction of sp³-hybridized carbons (Fsp3) is 0.148. The summed E-state index contributed by atoms with van der Waals surface area (Å²) in [4.78, 5) is 41.2. The van der Waals surface area contributed by atoms with Crippen molar-refractivity contribution in [2.24, 2.45) is 5.73 Å². The first-order valence-electron chi connectivity index (χ1n) is 23.9. The van der Waals surface area contributed by atoms with Crippen molar-refractivity contribution in [3.8, 4) is 57.8 Å². The number of hydrogen-bond acceptors (Lipinski definition) is 19. The minimum atomic E-state index is -0.675. The Hall–Kier alpha value is -11.0. The predicted octanol–water partition coefficient (Wildman–Crippen LogP) is 9.10. The van der Waals surface area contributed by atoms with Crippen molar-refractivity contribution in [1.29, 1.82) is 5.41 Å². The van der Waals surface area contributed by atoms with Crippen LogP contribution in [0.5, 0.6) is 0 Å². The summed E-state index contributed by atoms with van der Waals surface area (Å²) in [6.45, 7) is 5.76. The Morgan fingerprint density at radius 3 is 1.40 bits per heavy atom. The molecule has 3 aromatic carbocycles. The van der Waals surface area contributed by atoms with E-state index in [1.807, 2.05) is 0 Å². The van der Waals surface area contributed by atoms with Crippen LogP contribution in [-0.4, -0.2) is 81.8 Å². The quantitative estimate of drug-likeness (QED) is 0.0463. The molecule has 0 bridgehead atoms. The first kappa shape index (κ1) is 56.2. The van der Waals surface area contributed by atoms with E-state index in [1.54, 1.807) is 103 Å². The number of carbonyl (C=O) groups excluding carboxylic acids is 1. The smallest absolute Gasteiger partial charge is 0.412 e. The first-order valence-corrected chi connectivity index (χ1v) is 23.9. The Kier molecular flexibility index (Phi) is 17.0. The molecule has 0 aliphatic rings. The number of nitrogens with two attached hydrogens (primary N) is 4. The van der Waals surface area contributed by atoms with E-state index in [1.165, 1.54) is 72.7 Å². The van der Waals surface area contributed by atoms with Gasteiger partial charge in [0, 0.05) is 34.9 Å². The molecule has 10 N–H and O–H groups in total. The predicted molar refractivity (Wildman–Crippen MR) is 293 cm³/mol. The molecule has 414 valence electrons. The lowest BCUT2D eigenvalue weighted by atomic mass is 10.2. The molecular formula is C54H52F3N19O5. The lowest BCUT2D eigenvalue weighted by Gasteiger charge is -2.19. The maximum atomic E-state index is 14.2. The van der Waals surface area contributed by atoms with Gasteiger partial charge in [-0.2, -0.15) is 15.3 Å². The van der Waals surface area contributed by atoms with Crippen molar-refractivity contribution in [1.82, 2.24) is 64.2 Å². The highest BCUT2D eigenvalue weighted by Crippen LogP contribution is 2.29. The van der Waals surface area contributed by atoms with E-state index in [-0.39, 0.29) is 79.2 Å². The molecule has 11 aromatic rings. The number of nitrogens with zero attached hydrogens (tertiary/aromatic N) is 13. The summed E-state index contributed by atoms with van der Waals surface area (Å²) in [5, 5.41) is 23.2. The van der Waals surface area contributed by atoms with Gasteiger partial charge in [0.1, 0.15) is 87.5 Å². The highest BCUT2D eigenvalue weighted by atomic mass is 19.1. The third kappa shape index (κ3) is 13.8. The van der Waals surface area contributed by atoms with E-state index in [2.05, 4.69) is 55.5 Å². The molecule has 0 aliphatic carbocycles. The topological polar surface area (TPSA) is 349 Å². The molecule has 8 heterocycles. The Morgan fingerprint density at radius 2 is 1.01 bits per heavy atom. The fourth-order valence-electron chi connectivity index (χ4n) is 7.45. The third-order valence-corrected chi connectivity index (χ3v) is 11.2. The molecule has 11 rings (SSSR count). The SMILES string of the molecule is C.CC(C)(C)OC(=O)Nc1cnc(-c2cc(-c3ncco3)n(Cc3ccccc3F)n2)nc1N.N=C(N)c1cc(-c2ncco2)n(Cc2ccccc2F)n1.Nc1cnc(-c2cc(-c3ncco3)n(Cc3ccccc3F)n2)nc1N. The lowest BCUT2D eigenvalue weighted by molar-refractivity contribution is 0.0635. The monoisotopic (exact) mass is 1100 g/mol. The van der Waals surface area contributed by atoms with Gasteiger partial charge in [0.05, 0.1) is 56.3 Å². The van der Waals surface area contributed by atoms with Crippen LogP contribution in [0, 0.1) is 22.9 Å². The van der Waals surface area contributed by atoms with E-state index in [9.17, 15) is 18.0 Å². The summed E-state index contributed by atoms with van der Waals surface area (Å²) in [5.41, 5.74) is 26.8. The summed E-state index contributed by atoms with van der Waals surface area (Å²) in [7, 11) is 0. The summed E-state index contributed by atoms with van der Waals surface area (Å²) < 4.78 is 67.9. The van der Waals surface area contributed by atoms with E-state index in [0.29, 0.717) is 74.4 Å². The van der Waals surface area contributed by atoms with Gasteiger partial charge in [0.25, 0.3) is 0 Å². The van der Waals surface area contributed by atoms with E-state index >= 15 is 0 Å². The van der Waals surface area contributed by atoms with Gasteiger partial charge in [-0.05, 0) is 39.0 Å². The third-order valence-electron chi connectivity index (χ3n) is 11.2. The molecule has 0 aliphatic heterocycles. The zero-order valence-corrected chi connectivity index (χ0v) is 42.7. The number of amidine groups is 1. The molecule has 0 saturated heterocycles. The molecule has 27 heteroatoms. The molecule has 0 fully saturated rings. The highest BCUT2D eigenvalue weighted by molar-refractivity contribution is 5.94. The standard InChI is InChI=1S/C22H22FN7O3.C17H14FN7O.C14H12FN5O.CH4/c1-22(2,3)33-21(31)27-16-11-26-19(28-18(16)24)15-10-17(20-25-8-9-32-20)30(29-15)12-13-6-4-5-7-14(13)23;18-11-4-2-1-3-10(11)9-25-14(17-21-5-6-26-17)7-13(24-25)16-22-8-12(19)15(20)23-16;15-10-4-2-1-3-9(10)8-20-12(14-18-5-6-21-14)7-11(19-20)13(16)17;/h4-11H,12H2,1-3H3,(H,27,31)(H2,24,26,28);1-8H,9,19H2,(H2,20,22,23);1-7H,8H2,(H3,16,17);1H4. The van der Waals surface area contributed by atoms with Crippen molar-refractivity contribution in [2.45, 2.75) is 53.4 Å². The van der Waals surface area contributed by atoms with Crippen molar-refractivity contribution < 1.29 is 36.0 Å². The van der Waals surface area contributed by atoms with Crippen molar-refractivity contribution in [2.75, 3.05) is 22.5 Å². The molecular weight excluding hydrogens is 1050 g/mol. The zero-order chi connectivity index (χ0) is 56.5. The summed E-state index contributed by atoms with van der Waals surface area (Å²) in [6.07, 6.45) is 10.9. The maximum absolute atomic E-state index is 14.2. The Labute approximate surface area is 459 Å². The van der Waals surface area contributed by atoms with Gasteiger partial charge in [-0.1, -0.05) is 62.0 Å². The van der Waals surface area contributed by atoms with Crippen molar-refractivity contribution >= 4 is 34.9 Å². The second-order valence-electron chi connectivity index (χ2n) is 18.1. The van der Waals surface area contributed by atoms with Crippen LogP contribution in [0.3, 0.4) is 0 Å². The van der Waals surface area contributed by atoms with Gasteiger partial charge in [0.15, 0.2) is 23.3 Å². The number of hydrogen-bond donors (Lipinski definition) is 6. The van der Waals surface area contributed by atoms with Crippen LogP contribution in [0.25, 0.3) is 57.8 Å². The minimum Gasteiger partial charge on any atom is -0.444 e. The molecule has 0 saturated carbocycles. The number of nitrogen functional groups attached to an aromatic ring is 4. The van der Waals surface area contributed by atoms with E-state index in [4.69, 9.17) is 46.3 Å². The van der Waals surface area contributed by atoms with E-state index in [0.717, 1.165) is 0 Å². The van der Waals surface area contributed by atoms with Gasteiger partial charge >= 0.3 is 6.09 Å². The van der Waals surface area contributed by atoms with Crippen molar-refractivity contribution in [3.05, 3.63) is 181 Å². The number of aromatic nitrogens is 13. The van der Waals surface area contributed by atoms with Gasteiger partial charge in [0.2, 0.25) is 17.7 Å². The number of anilines is 4. The number of ether oxygens (including phenoxy) is 1. The van der Waals surface area contributed by atoms with Gasteiger partial charge in [-0.3, -0.25) is 24.8 Å². The molecule has 8 aromatic heterocycles. The highest BCUT2D eigenvalue weighted by Gasteiger charge is 2.23. The van der Waals surface area contributed by atoms with Crippen LogP contribution < -0.4 is 28.3 Å². The second-order valence-corrected chi connectivity index (χ2v) is 18.1. The molecule has 24 nitrogen and oxygen atoms in total. The zero-order valence-electron chi connectivity index (χ0n) is 42.7. The fourth-order valence-corrected chi connectivity index (χ4v) is 7.45. The normalized spacial score (nSPS) is 10.9. The Bertz CT molecular complexity index is 3910. The maximum Gasteiger partial charge on any atom is 0.412 e. The molecule has 81 heavy (non-hydrogen) atoms. The minimum absolute atomic E-state index is 0. The van der Waals surface area contributed by atoms with Crippen LogP contribution in [-0.2, 0) is 24.4 Å². The first-order chi connectivity index (χ1) is 38.5. The average Bonchev–Trinajstić information content (AvgIpc) is 4.35. The summed E-state index contributed by atoms with van der Waals surface area (Å²) >= 11 is 0. The van der Waals surface area contributed by atoms with Crippen LogP contribution in [0.15, 0.2) is 154 Å². The molecule has 0 atom stereocenters. The van der Waals surface area contributed by atoms with Gasteiger partial charge in [-0.15, -0.1) is 0 Å². The van der Waals surface area contributed by atoms with Crippen LogP contribution >= 0.6 is 0 Å². The number of oxazole rings is 3. The largest absolute Gasteiger partial charge is 0.444 e. The number of rotatable bonds is 13.